The third-order valence-corrected chi connectivity index (χ3v) is 4.98. The molecular formula is C17H25ClFN. The molecule has 2 rings (SSSR count). The first-order valence-electron chi connectivity index (χ1n) is 7.73. The summed E-state index contributed by atoms with van der Waals surface area (Å²) in [4.78, 5) is 0. The normalized spacial score (nSPS) is 19.2. The molecule has 0 aromatic heterocycles. The number of benzene rings is 1. The van der Waals surface area contributed by atoms with Gasteiger partial charge < -0.3 is 5.32 Å². The van der Waals surface area contributed by atoms with Crippen molar-refractivity contribution in [2.45, 2.75) is 58.4 Å². The summed E-state index contributed by atoms with van der Waals surface area (Å²) in [6, 6.07) is 5.65. The second-order valence-corrected chi connectivity index (χ2v) is 6.69. The van der Waals surface area contributed by atoms with Crippen LogP contribution in [0.25, 0.3) is 0 Å². The number of rotatable bonds is 6. The summed E-state index contributed by atoms with van der Waals surface area (Å²) in [5.74, 6) is -0.251. The van der Waals surface area contributed by atoms with Crippen molar-refractivity contribution >= 4 is 11.6 Å². The number of hydrogen-bond donors (Lipinski definition) is 1. The zero-order chi connectivity index (χ0) is 14.6. The molecule has 112 valence electrons. The Morgan fingerprint density at radius 3 is 2.70 bits per heavy atom. The summed E-state index contributed by atoms with van der Waals surface area (Å²) in [5, 5.41) is 3.87. The van der Waals surface area contributed by atoms with E-state index in [4.69, 9.17) is 11.6 Å². The van der Waals surface area contributed by atoms with Crippen molar-refractivity contribution in [3.05, 3.63) is 34.6 Å². The minimum absolute atomic E-state index is 0.230. The van der Waals surface area contributed by atoms with Crippen LogP contribution in [0.2, 0.25) is 5.02 Å². The Hall–Kier alpha value is -0.600. The maximum atomic E-state index is 14.1. The van der Waals surface area contributed by atoms with E-state index < -0.39 is 0 Å². The molecule has 0 radical (unpaired) electrons. The van der Waals surface area contributed by atoms with Gasteiger partial charge in [-0.2, -0.15) is 0 Å². The molecule has 0 spiro atoms. The van der Waals surface area contributed by atoms with E-state index in [1.165, 1.54) is 25.7 Å². The summed E-state index contributed by atoms with van der Waals surface area (Å²) < 4.78 is 14.1. The molecule has 1 atom stereocenters. The molecule has 1 aliphatic rings. The molecule has 1 saturated carbocycles. The highest BCUT2D eigenvalue weighted by molar-refractivity contribution is 6.30. The Morgan fingerprint density at radius 1 is 1.35 bits per heavy atom. The summed E-state index contributed by atoms with van der Waals surface area (Å²) >= 11 is 5.90. The Morgan fingerprint density at radius 2 is 2.05 bits per heavy atom. The van der Waals surface area contributed by atoms with Crippen LogP contribution in [0, 0.1) is 11.2 Å². The largest absolute Gasteiger partial charge is 0.313 e. The van der Waals surface area contributed by atoms with Crippen molar-refractivity contribution in [2.75, 3.05) is 6.54 Å². The number of nitrogens with one attached hydrogen (secondary N) is 1. The zero-order valence-electron chi connectivity index (χ0n) is 12.5. The molecule has 3 heteroatoms. The van der Waals surface area contributed by atoms with Crippen LogP contribution in [0.15, 0.2) is 18.2 Å². The molecule has 1 aromatic rings. The zero-order valence-corrected chi connectivity index (χ0v) is 13.3. The standard InChI is InChI=1S/C17H25ClFN/c1-3-11-20-15(17(2)9-4-5-10-17)12-13-7-6-8-14(18)16(13)19/h6-8,15,20H,3-5,9-12H2,1-2H3. The molecule has 1 N–H and O–H groups in total. The van der Waals surface area contributed by atoms with Crippen molar-refractivity contribution in [2.24, 2.45) is 5.41 Å². The predicted molar refractivity (Wildman–Crippen MR) is 83.8 cm³/mol. The third-order valence-electron chi connectivity index (χ3n) is 4.68. The van der Waals surface area contributed by atoms with Gasteiger partial charge in [0, 0.05) is 6.04 Å². The minimum atomic E-state index is -0.251. The van der Waals surface area contributed by atoms with E-state index in [1.807, 2.05) is 12.1 Å². The van der Waals surface area contributed by atoms with Crippen LogP contribution in [-0.2, 0) is 6.42 Å². The van der Waals surface area contributed by atoms with Crippen molar-refractivity contribution in [3.8, 4) is 0 Å². The van der Waals surface area contributed by atoms with Gasteiger partial charge >= 0.3 is 0 Å². The van der Waals surface area contributed by atoms with Gasteiger partial charge in [-0.15, -0.1) is 0 Å². The molecule has 1 fully saturated rings. The molecule has 0 bridgehead atoms. The lowest BCUT2D eigenvalue weighted by Crippen LogP contribution is -2.44. The van der Waals surface area contributed by atoms with Crippen molar-refractivity contribution in [1.29, 1.82) is 0 Å². The molecule has 0 saturated heterocycles. The lowest BCUT2D eigenvalue weighted by Gasteiger charge is -2.35. The average Bonchev–Trinajstić information content (AvgIpc) is 2.87. The summed E-state index contributed by atoms with van der Waals surface area (Å²) in [6.45, 7) is 5.50. The minimum Gasteiger partial charge on any atom is -0.313 e. The fourth-order valence-electron chi connectivity index (χ4n) is 3.34. The fourth-order valence-corrected chi connectivity index (χ4v) is 3.53. The molecule has 20 heavy (non-hydrogen) atoms. The summed E-state index contributed by atoms with van der Waals surface area (Å²) in [5.41, 5.74) is 1.02. The molecule has 0 heterocycles. The van der Waals surface area contributed by atoms with Crippen molar-refractivity contribution < 1.29 is 4.39 Å². The van der Waals surface area contributed by atoms with Crippen LogP contribution in [0.1, 0.15) is 51.5 Å². The van der Waals surface area contributed by atoms with Crippen LogP contribution >= 0.6 is 11.6 Å². The monoisotopic (exact) mass is 297 g/mol. The molecule has 1 unspecified atom stereocenters. The molecule has 0 amide bonds. The van der Waals surface area contributed by atoms with Gasteiger partial charge in [-0.1, -0.05) is 50.4 Å². The van der Waals surface area contributed by atoms with Gasteiger partial charge in [0.25, 0.3) is 0 Å². The first-order valence-corrected chi connectivity index (χ1v) is 8.11. The Kier molecular flexibility index (Phi) is 5.45. The van der Waals surface area contributed by atoms with E-state index in [2.05, 4.69) is 19.2 Å². The van der Waals surface area contributed by atoms with Gasteiger partial charge in [0.1, 0.15) is 5.82 Å². The highest BCUT2D eigenvalue weighted by Gasteiger charge is 2.36. The van der Waals surface area contributed by atoms with E-state index in [0.29, 0.717) is 6.04 Å². The SMILES string of the molecule is CCCNC(Cc1cccc(Cl)c1F)C1(C)CCCC1. The maximum absolute atomic E-state index is 14.1. The first kappa shape index (κ1) is 15.8. The van der Waals surface area contributed by atoms with E-state index in [0.717, 1.165) is 24.9 Å². The van der Waals surface area contributed by atoms with Crippen LogP contribution in [0.3, 0.4) is 0 Å². The number of halogens is 2. The summed E-state index contributed by atoms with van der Waals surface area (Å²) in [6.07, 6.45) is 6.87. The van der Waals surface area contributed by atoms with Gasteiger partial charge in [-0.3, -0.25) is 0 Å². The van der Waals surface area contributed by atoms with Crippen LogP contribution in [-0.4, -0.2) is 12.6 Å². The summed E-state index contributed by atoms with van der Waals surface area (Å²) in [7, 11) is 0. The van der Waals surface area contributed by atoms with Gasteiger partial charge in [0.05, 0.1) is 5.02 Å². The van der Waals surface area contributed by atoms with E-state index in [9.17, 15) is 4.39 Å². The lowest BCUT2D eigenvalue weighted by molar-refractivity contribution is 0.218. The van der Waals surface area contributed by atoms with E-state index in [1.54, 1.807) is 6.07 Å². The molecular weight excluding hydrogens is 273 g/mol. The van der Waals surface area contributed by atoms with Gasteiger partial charge in [0.15, 0.2) is 0 Å². The predicted octanol–water partition coefficient (Wildman–Crippen LogP) is 4.97. The fraction of sp³-hybridized carbons (Fsp3) is 0.647. The average molecular weight is 298 g/mol. The first-order chi connectivity index (χ1) is 9.57. The lowest BCUT2D eigenvalue weighted by atomic mass is 9.77. The maximum Gasteiger partial charge on any atom is 0.145 e. The van der Waals surface area contributed by atoms with Crippen molar-refractivity contribution in [1.82, 2.24) is 5.32 Å². The molecule has 1 aromatic carbocycles. The molecule has 0 aliphatic heterocycles. The molecule has 1 aliphatic carbocycles. The smallest absolute Gasteiger partial charge is 0.145 e. The second kappa shape index (κ2) is 6.91. The highest BCUT2D eigenvalue weighted by Crippen LogP contribution is 2.41. The topological polar surface area (TPSA) is 12.0 Å². The van der Waals surface area contributed by atoms with Gasteiger partial charge in [0.2, 0.25) is 0 Å². The Labute approximate surface area is 126 Å². The highest BCUT2D eigenvalue weighted by atomic mass is 35.5. The van der Waals surface area contributed by atoms with Crippen LogP contribution < -0.4 is 5.32 Å². The van der Waals surface area contributed by atoms with Crippen LogP contribution in [0.4, 0.5) is 4.39 Å². The third kappa shape index (κ3) is 3.53. The van der Waals surface area contributed by atoms with Gasteiger partial charge in [-0.05, 0) is 49.3 Å². The van der Waals surface area contributed by atoms with E-state index >= 15 is 0 Å². The van der Waals surface area contributed by atoms with Gasteiger partial charge in [-0.25, -0.2) is 4.39 Å². The molecule has 1 nitrogen and oxygen atoms in total. The Bertz CT molecular complexity index is 441. The van der Waals surface area contributed by atoms with Crippen LogP contribution in [0.5, 0.6) is 0 Å². The second-order valence-electron chi connectivity index (χ2n) is 6.28. The van der Waals surface area contributed by atoms with Crippen molar-refractivity contribution in [3.63, 3.8) is 0 Å². The quantitative estimate of drug-likeness (QED) is 0.781. The Balaban J connectivity index is 2.16. The van der Waals surface area contributed by atoms with E-state index in [-0.39, 0.29) is 16.3 Å². The number of hydrogen-bond acceptors (Lipinski definition) is 1.